The number of anilines is 1. The van der Waals surface area contributed by atoms with Crippen LogP contribution in [0.15, 0.2) is 12.4 Å². The molecule has 1 fully saturated rings. The maximum Gasteiger partial charge on any atom is 0.252 e. The van der Waals surface area contributed by atoms with E-state index in [2.05, 4.69) is 15.4 Å². The second-order valence-corrected chi connectivity index (χ2v) is 4.81. The topological polar surface area (TPSA) is 95.1 Å². The molecule has 0 radical (unpaired) electrons. The number of amides is 1. The summed E-state index contributed by atoms with van der Waals surface area (Å²) < 4.78 is 7.14. The van der Waals surface area contributed by atoms with Gasteiger partial charge in [-0.3, -0.25) is 4.79 Å². The standard InChI is InChI=1S/C13H17N5O2/c1-2-18-13-10(6-16-18)11(9(5-15-13)12(14)19)17-8-3-4-20-7-8/h5-6,8H,2-4,7H2,1H3,(H2,14,19)(H,15,17)/t8-/m1/s1. The van der Waals surface area contributed by atoms with Gasteiger partial charge in [0.25, 0.3) is 5.91 Å². The minimum atomic E-state index is -0.495. The Morgan fingerprint density at radius 2 is 2.45 bits per heavy atom. The Labute approximate surface area is 116 Å². The number of primary amides is 1. The molecule has 1 aliphatic heterocycles. The van der Waals surface area contributed by atoms with Crippen molar-refractivity contribution in [2.24, 2.45) is 5.73 Å². The van der Waals surface area contributed by atoms with Gasteiger partial charge in [0, 0.05) is 19.3 Å². The van der Waals surface area contributed by atoms with Gasteiger partial charge in [-0.25, -0.2) is 9.67 Å². The molecular formula is C13H17N5O2. The smallest absolute Gasteiger partial charge is 0.252 e. The third kappa shape index (κ3) is 2.09. The van der Waals surface area contributed by atoms with E-state index in [1.807, 2.05) is 6.92 Å². The van der Waals surface area contributed by atoms with Crippen molar-refractivity contribution >= 4 is 22.6 Å². The number of ether oxygens (including phenoxy) is 1. The van der Waals surface area contributed by atoms with Gasteiger partial charge < -0.3 is 15.8 Å². The van der Waals surface area contributed by atoms with Gasteiger partial charge in [0.05, 0.1) is 35.5 Å². The highest BCUT2D eigenvalue weighted by Crippen LogP contribution is 2.27. The lowest BCUT2D eigenvalue weighted by atomic mass is 10.1. The predicted octanol–water partition coefficient (Wildman–Crippen LogP) is 0.751. The summed E-state index contributed by atoms with van der Waals surface area (Å²) in [5.41, 5.74) is 7.29. The summed E-state index contributed by atoms with van der Waals surface area (Å²) in [6, 6.07) is 0.184. The molecule has 20 heavy (non-hydrogen) atoms. The molecule has 7 nitrogen and oxygen atoms in total. The van der Waals surface area contributed by atoms with Crippen molar-refractivity contribution < 1.29 is 9.53 Å². The van der Waals surface area contributed by atoms with Crippen molar-refractivity contribution in [3.8, 4) is 0 Å². The minimum Gasteiger partial charge on any atom is -0.379 e. The third-order valence-corrected chi connectivity index (χ3v) is 3.51. The first-order chi connectivity index (χ1) is 9.70. The molecule has 0 unspecified atom stereocenters. The highest BCUT2D eigenvalue weighted by Gasteiger charge is 2.21. The molecule has 106 valence electrons. The number of aromatic nitrogens is 3. The van der Waals surface area contributed by atoms with Gasteiger partial charge >= 0.3 is 0 Å². The van der Waals surface area contributed by atoms with E-state index < -0.39 is 5.91 Å². The van der Waals surface area contributed by atoms with Crippen molar-refractivity contribution in [3.05, 3.63) is 18.0 Å². The molecular weight excluding hydrogens is 258 g/mol. The number of nitrogens with zero attached hydrogens (tertiary/aromatic N) is 3. The largest absolute Gasteiger partial charge is 0.379 e. The van der Waals surface area contributed by atoms with Crippen molar-refractivity contribution in [3.63, 3.8) is 0 Å². The zero-order valence-corrected chi connectivity index (χ0v) is 11.3. The molecule has 1 saturated heterocycles. The number of rotatable bonds is 4. The van der Waals surface area contributed by atoms with Crippen LogP contribution >= 0.6 is 0 Å². The molecule has 7 heteroatoms. The van der Waals surface area contributed by atoms with Crippen molar-refractivity contribution in [2.45, 2.75) is 25.9 Å². The molecule has 1 aliphatic rings. The molecule has 0 spiro atoms. The Morgan fingerprint density at radius 1 is 1.60 bits per heavy atom. The van der Waals surface area contributed by atoms with Gasteiger partial charge in [0.2, 0.25) is 0 Å². The Kier molecular flexibility index (Phi) is 3.27. The number of nitrogens with one attached hydrogen (secondary N) is 1. The van der Waals surface area contributed by atoms with Crippen LogP contribution in [0.4, 0.5) is 5.69 Å². The lowest BCUT2D eigenvalue weighted by Crippen LogP contribution is -2.23. The van der Waals surface area contributed by atoms with Crippen molar-refractivity contribution in [1.82, 2.24) is 14.8 Å². The van der Waals surface area contributed by atoms with Crippen LogP contribution in [0, 0.1) is 0 Å². The van der Waals surface area contributed by atoms with E-state index in [0.29, 0.717) is 17.9 Å². The van der Waals surface area contributed by atoms with Gasteiger partial charge in [0.15, 0.2) is 5.65 Å². The summed E-state index contributed by atoms with van der Waals surface area (Å²) >= 11 is 0. The number of hydrogen-bond acceptors (Lipinski definition) is 5. The highest BCUT2D eigenvalue weighted by molar-refractivity contribution is 6.05. The second-order valence-electron chi connectivity index (χ2n) is 4.81. The number of aryl methyl sites for hydroxylation is 1. The maximum absolute atomic E-state index is 11.6. The number of carbonyl (C=O) groups excluding carboxylic acids is 1. The van der Waals surface area contributed by atoms with Crippen LogP contribution < -0.4 is 11.1 Å². The number of fused-ring (bicyclic) bond motifs is 1. The number of carbonyl (C=O) groups is 1. The van der Waals surface area contributed by atoms with Crippen LogP contribution in [0.5, 0.6) is 0 Å². The highest BCUT2D eigenvalue weighted by atomic mass is 16.5. The second kappa shape index (κ2) is 5.09. The molecule has 0 aliphatic carbocycles. The molecule has 0 bridgehead atoms. The average Bonchev–Trinajstić information content (AvgIpc) is 3.07. The first-order valence-corrected chi connectivity index (χ1v) is 6.69. The van der Waals surface area contributed by atoms with Crippen LogP contribution in [0.2, 0.25) is 0 Å². The van der Waals surface area contributed by atoms with E-state index in [1.54, 1.807) is 10.9 Å². The minimum absolute atomic E-state index is 0.184. The normalized spacial score (nSPS) is 18.6. The average molecular weight is 275 g/mol. The van der Waals surface area contributed by atoms with E-state index in [-0.39, 0.29) is 6.04 Å². The molecule has 2 aromatic rings. The number of nitrogens with two attached hydrogens (primary N) is 1. The molecule has 0 saturated carbocycles. The third-order valence-electron chi connectivity index (χ3n) is 3.51. The zero-order valence-electron chi connectivity index (χ0n) is 11.3. The Hall–Kier alpha value is -2.15. The first-order valence-electron chi connectivity index (χ1n) is 6.69. The summed E-state index contributed by atoms with van der Waals surface area (Å²) in [4.78, 5) is 15.9. The van der Waals surface area contributed by atoms with E-state index in [1.165, 1.54) is 6.20 Å². The number of pyridine rings is 1. The Bertz CT molecular complexity index is 645. The van der Waals surface area contributed by atoms with Crippen LogP contribution in [-0.2, 0) is 11.3 Å². The summed E-state index contributed by atoms with van der Waals surface area (Å²) in [6.07, 6.45) is 4.14. The fraction of sp³-hybridized carbons (Fsp3) is 0.462. The molecule has 1 atom stereocenters. The molecule has 3 heterocycles. The van der Waals surface area contributed by atoms with E-state index in [4.69, 9.17) is 10.5 Å². The van der Waals surface area contributed by atoms with Gasteiger partial charge in [-0.2, -0.15) is 5.10 Å². The summed E-state index contributed by atoms with van der Waals surface area (Å²) in [5.74, 6) is -0.495. The molecule has 2 aromatic heterocycles. The van der Waals surface area contributed by atoms with Crippen LogP contribution in [-0.4, -0.2) is 39.9 Å². The van der Waals surface area contributed by atoms with E-state index in [9.17, 15) is 4.79 Å². The van der Waals surface area contributed by atoms with Gasteiger partial charge in [0.1, 0.15) is 0 Å². The van der Waals surface area contributed by atoms with Crippen LogP contribution in [0.1, 0.15) is 23.7 Å². The fourth-order valence-electron chi connectivity index (χ4n) is 2.45. The lowest BCUT2D eigenvalue weighted by molar-refractivity contribution is 0.100. The molecule has 3 rings (SSSR count). The maximum atomic E-state index is 11.6. The summed E-state index contributed by atoms with van der Waals surface area (Å²) in [7, 11) is 0. The Morgan fingerprint density at radius 3 is 3.10 bits per heavy atom. The SMILES string of the molecule is CCn1ncc2c(N[C@@H]3CCOC3)c(C(N)=O)cnc21. The molecule has 1 amide bonds. The quantitative estimate of drug-likeness (QED) is 0.858. The molecule has 0 aromatic carbocycles. The monoisotopic (exact) mass is 275 g/mol. The lowest BCUT2D eigenvalue weighted by Gasteiger charge is -2.15. The first kappa shape index (κ1) is 12.9. The zero-order chi connectivity index (χ0) is 14.1. The van der Waals surface area contributed by atoms with Gasteiger partial charge in [-0.05, 0) is 13.3 Å². The van der Waals surface area contributed by atoms with Crippen molar-refractivity contribution in [2.75, 3.05) is 18.5 Å². The van der Waals surface area contributed by atoms with Crippen LogP contribution in [0.25, 0.3) is 11.0 Å². The van der Waals surface area contributed by atoms with Gasteiger partial charge in [-0.1, -0.05) is 0 Å². The van der Waals surface area contributed by atoms with Crippen molar-refractivity contribution in [1.29, 1.82) is 0 Å². The number of hydrogen-bond donors (Lipinski definition) is 2. The van der Waals surface area contributed by atoms with E-state index >= 15 is 0 Å². The Balaban J connectivity index is 2.10. The van der Waals surface area contributed by atoms with Crippen LogP contribution in [0.3, 0.4) is 0 Å². The van der Waals surface area contributed by atoms with E-state index in [0.717, 1.165) is 30.6 Å². The van der Waals surface area contributed by atoms with Gasteiger partial charge in [-0.15, -0.1) is 0 Å². The summed E-state index contributed by atoms with van der Waals surface area (Å²) in [6.45, 7) is 4.07. The summed E-state index contributed by atoms with van der Waals surface area (Å²) in [5, 5.41) is 8.45. The predicted molar refractivity (Wildman–Crippen MR) is 74.6 cm³/mol. The molecule has 3 N–H and O–H groups in total. The fourth-order valence-corrected chi connectivity index (χ4v) is 2.45.